The van der Waals surface area contributed by atoms with Gasteiger partial charge in [0.2, 0.25) is 5.91 Å². The summed E-state index contributed by atoms with van der Waals surface area (Å²) in [6.45, 7) is 0.765. The number of esters is 1. The van der Waals surface area contributed by atoms with Crippen molar-refractivity contribution in [1.29, 1.82) is 0 Å². The lowest BCUT2D eigenvalue weighted by Crippen LogP contribution is -2.26. The molecule has 1 unspecified atom stereocenters. The van der Waals surface area contributed by atoms with Crippen molar-refractivity contribution in [3.05, 3.63) is 18.4 Å². The standard InChI is InChI=1S/C10H12N2O4/c1-15-10(14)7-2-9(13)12(3-7)4-8-5-16-6-11-8/h5-7H,2-4H2,1H3. The second-order valence-corrected chi connectivity index (χ2v) is 3.68. The van der Waals surface area contributed by atoms with Crippen molar-refractivity contribution < 1.29 is 18.7 Å². The summed E-state index contributed by atoms with van der Waals surface area (Å²) in [6.07, 6.45) is 3.01. The van der Waals surface area contributed by atoms with Crippen LogP contribution < -0.4 is 0 Å². The van der Waals surface area contributed by atoms with Crippen molar-refractivity contribution in [3.8, 4) is 0 Å². The van der Waals surface area contributed by atoms with Crippen LogP contribution in [-0.2, 0) is 20.9 Å². The third-order valence-electron chi connectivity index (χ3n) is 2.59. The quantitative estimate of drug-likeness (QED) is 0.685. The van der Waals surface area contributed by atoms with E-state index in [-0.39, 0.29) is 24.2 Å². The summed E-state index contributed by atoms with van der Waals surface area (Å²) < 4.78 is 9.43. The molecule has 0 spiro atoms. The molecule has 0 aliphatic carbocycles. The number of nitrogens with zero attached hydrogens (tertiary/aromatic N) is 2. The minimum Gasteiger partial charge on any atom is -0.469 e. The maximum absolute atomic E-state index is 11.6. The molecule has 1 fully saturated rings. The van der Waals surface area contributed by atoms with E-state index in [0.29, 0.717) is 18.8 Å². The van der Waals surface area contributed by atoms with Crippen molar-refractivity contribution in [3.63, 3.8) is 0 Å². The van der Waals surface area contributed by atoms with Gasteiger partial charge >= 0.3 is 5.97 Å². The highest BCUT2D eigenvalue weighted by molar-refractivity contribution is 5.86. The van der Waals surface area contributed by atoms with Crippen LogP contribution in [0, 0.1) is 5.92 Å². The molecule has 6 nitrogen and oxygen atoms in total. The monoisotopic (exact) mass is 224 g/mol. The normalized spacial score (nSPS) is 20.2. The van der Waals surface area contributed by atoms with E-state index >= 15 is 0 Å². The molecule has 1 aromatic heterocycles. The van der Waals surface area contributed by atoms with Crippen molar-refractivity contribution in [2.45, 2.75) is 13.0 Å². The molecule has 0 N–H and O–H groups in total. The molecular formula is C10H12N2O4. The summed E-state index contributed by atoms with van der Waals surface area (Å²) in [4.78, 5) is 28.4. The third-order valence-corrected chi connectivity index (χ3v) is 2.59. The van der Waals surface area contributed by atoms with Crippen LogP contribution in [0.15, 0.2) is 17.1 Å². The van der Waals surface area contributed by atoms with Crippen LogP contribution in [0.1, 0.15) is 12.1 Å². The first-order chi connectivity index (χ1) is 7.70. The highest BCUT2D eigenvalue weighted by atomic mass is 16.5. The molecule has 6 heteroatoms. The fraction of sp³-hybridized carbons (Fsp3) is 0.500. The predicted molar refractivity (Wildman–Crippen MR) is 52.0 cm³/mol. The van der Waals surface area contributed by atoms with Crippen molar-refractivity contribution in [2.75, 3.05) is 13.7 Å². The van der Waals surface area contributed by atoms with Crippen molar-refractivity contribution >= 4 is 11.9 Å². The van der Waals surface area contributed by atoms with E-state index in [9.17, 15) is 9.59 Å². The van der Waals surface area contributed by atoms with Gasteiger partial charge in [0, 0.05) is 13.0 Å². The summed E-state index contributed by atoms with van der Waals surface area (Å²) in [5.41, 5.74) is 0.680. The predicted octanol–water partition coefficient (Wildman–Crippen LogP) is 0.196. The van der Waals surface area contributed by atoms with Gasteiger partial charge in [0.25, 0.3) is 0 Å². The number of oxazole rings is 1. The topological polar surface area (TPSA) is 72.6 Å². The van der Waals surface area contributed by atoms with E-state index in [1.165, 1.54) is 19.8 Å². The van der Waals surface area contributed by atoms with Gasteiger partial charge in [0.05, 0.1) is 25.3 Å². The number of rotatable bonds is 3. The van der Waals surface area contributed by atoms with E-state index in [1.807, 2.05) is 0 Å². The molecule has 1 amide bonds. The van der Waals surface area contributed by atoms with Crippen LogP contribution in [-0.4, -0.2) is 35.4 Å². The van der Waals surface area contributed by atoms with Gasteiger partial charge in [-0.15, -0.1) is 0 Å². The molecule has 1 saturated heterocycles. The Morgan fingerprint density at radius 2 is 2.56 bits per heavy atom. The van der Waals surface area contributed by atoms with Gasteiger partial charge in [-0.3, -0.25) is 9.59 Å². The van der Waals surface area contributed by atoms with Crippen molar-refractivity contribution in [1.82, 2.24) is 9.88 Å². The first-order valence-corrected chi connectivity index (χ1v) is 4.93. The SMILES string of the molecule is COC(=O)C1CC(=O)N(Cc2cocn2)C1. The Morgan fingerprint density at radius 1 is 1.75 bits per heavy atom. The lowest BCUT2D eigenvalue weighted by Gasteiger charge is -2.13. The van der Waals surface area contributed by atoms with Gasteiger partial charge in [-0.05, 0) is 0 Å². The van der Waals surface area contributed by atoms with Gasteiger partial charge in [-0.2, -0.15) is 0 Å². The summed E-state index contributed by atoms with van der Waals surface area (Å²) in [5, 5.41) is 0. The minimum atomic E-state index is -0.357. The van der Waals surface area contributed by atoms with Crippen LogP contribution in [0.5, 0.6) is 0 Å². The second-order valence-electron chi connectivity index (χ2n) is 3.68. The zero-order valence-corrected chi connectivity index (χ0v) is 8.88. The average molecular weight is 224 g/mol. The lowest BCUT2D eigenvalue weighted by atomic mass is 10.1. The molecule has 1 aromatic rings. The molecule has 0 saturated carbocycles. The average Bonchev–Trinajstić information content (AvgIpc) is 2.89. The molecule has 0 aromatic carbocycles. The number of likely N-dealkylation sites (tertiary alicyclic amines) is 1. The van der Waals surface area contributed by atoms with Crippen LogP contribution >= 0.6 is 0 Å². The maximum atomic E-state index is 11.6. The molecule has 0 radical (unpaired) electrons. The Kier molecular flexibility index (Phi) is 2.89. The Hall–Kier alpha value is -1.85. The van der Waals surface area contributed by atoms with Gasteiger partial charge in [0.1, 0.15) is 6.26 Å². The Morgan fingerprint density at radius 3 is 3.19 bits per heavy atom. The summed E-state index contributed by atoms with van der Waals surface area (Å²) in [6, 6.07) is 0. The van der Waals surface area contributed by atoms with E-state index in [2.05, 4.69) is 9.72 Å². The Balaban J connectivity index is 1.97. The highest BCUT2D eigenvalue weighted by Gasteiger charge is 2.35. The number of carbonyl (C=O) groups excluding carboxylic acids is 2. The molecule has 1 aliphatic heterocycles. The van der Waals surface area contributed by atoms with Gasteiger partial charge < -0.3 is 14.1 Å². The molecule has 1 aliphatic rings. The molecule has 86 valence electrons. The summed E-state index contributed by atoms with van der Waals surface area (Å²) >= 11 is 0. The van der Waals surface area contributed by atoms with E-state index in [0.717, 1.165) is 0 Å². The van der Waals surface area contributed by atoms with E-state index < -0.39 is 0 Å². The third kappa shape index (κ3) is 2.05. The largest absolute Gasteiger partial charge is 0.469 e. The second kappa shape index (κ2) is 4.34. The molecule has 1 atom stereocenters. The first-order valence-electron chi connectivity index (χ1n) is 4.93. The van der Waals surface area contributed by atoms with Gasteiger partial charge in [0.15, 0.2) is 6.39 Å². The molecule has 2 rings (SSSR count). The smallest absolute Gasteiger partial charge is 0.310 e. The molecule has 16 heavy (non-hydrogen) atoms. The van der Waals surface area contributed by atoms with Crippen LogP contribution in [0.2, 0.25) is 0 Å². The number of hydrogen-bond donors (Lipinski definition) is 0. The molecule has 2 heterocycles. The Labute approximate surface area is 92.2 Å². The minimum absolute atomic E-state index is 0.0570. The maximum Gasteiger partial charge on any atom is 0.310 e. The van der Waals surface area contributed by atoms with Crippen LogP contribution in [0.4, 0.5) is 0 Å². The fourth-order valence-corrected chi connectivity index (χ4v) is 1.76. The number of aromatic nitrogens is 1. The van der Waals surface area contributed by atoms with E-state index in [4.69, 9.17) is 4.42 Å². The Bertz CT molecular complexity index is 388. The lowest BCUT2D eigenvalue weighted by molar-refractivity contribution is -0.145. The zero-order valence-electron chi connectivity index (χ0n) is 8.88. The number of ether oxygens (including phenoxy) is 1. The van der Waals surface area contributed by atoms with Gasteiger partial charge in [-0.25, -0.2) is 4.98 Å². The molecular weight excluding hydrogens is 212 g/mol. The van der Waals surface area contributed by atoms with E-state index in [1.54, 1.807) is 4.90 Å². The van der Waals surface area contributed by atoms with Crippen LogP contribution in [0.25, 0.3) is 0 Å². The number of amides is 1. The zero-order chi connectivity index (χ0) is 11.5. The number of hydrogen-bond acceptors (Lipinski definition) is 5. The first kappa shape index (κ1) is 10.7. The van der Waals surface area contributed by atoms with Gasteiger partial charge in [-0.1, -0.05) is 0 Å². The number of methoxy groups -OCH3 is 1. The van der Waals surface area contributed by atoms with Crippen molar-refractivity contribution in [2.24, 2.45) is 5.92 Å². The highest BCUT2D eigenvalue weighted by Crippen LogP contribution is 2.20. The summed E-state index contributed by atoms with van der Waals surface area (Å²) in [7, 11) is 1.33. The molecule has 0 bridgehead atoms. The van der Waals surface area contributed by atoms with Crippen LogP contribution in [0.3, 0.4) is 0 Å². The fourth-order valence-electron chi connectivity index (χ4n) is 1.76. The summed E-state index contributed by atoms with van der Waals surface area (Å²) in [5.74, 6) is -0.751. The number of carbonyl (C=O) groups is 2.